The minimum Gasteiger partial charge on any atom is -0.490 e. The van der Waals surface area contributed by atoms with Gasteiger partial charge in [0.2, 0.25) is 5.91 Å². The summed E-state index contributed by atoms with van der Waals surface area (Å²) >= 11 is 0. The Labute approximate surface area is 204 Å². The van der Waals surface area contributed by atoms with Gasteiger partial charge in [0.05, 0.1) is 19.8 Å². The Morgan fingerprint density at radius 3 is 2.20 bits per heavy atom. The standard InChI is InChI=1S/C27H29N3O5/c31-26(20-28-23-6-4-5-21(19-23)27(32)30-13-15-33-16-14-30)29-22-9-11-25(12-10-22)35-18-17-34-24-7-2-1-3-8-24/h1-12,19,28H,13-18,20H2,(H,29,31). The summed E-state index contributed by atoms with van der Waals surface area (Å²) < 4.78 is 16.6. The number of hydrogen-bond donors (Lipinski definition) is 2. The summed E-state index contributed by atoms with van der Waals surface area (Å²) in [7, 11) is 0. The van der Waals surface area contributed by atoms with Gasteiger partial charge in [0.15, 0.2) is 0 Å². The number of ether oxygens (including phenoxy) is 3. The number of nitrogens with one attached hydrogen (secondary N) is 2. The van der Waals surface area contributed by atoms with Crippen LogP contribution in [-0.4, -0.2) is 62.8 Å². The van der Waals surface area contributed by atoms with Crippen LogP contribution in [0, 0.1) is 0 Å². The Morgan fingerprint density at radius 2 is 1.49 bits per heavy atom. The number of amides is 2. The SMILES string of the molecule is O=C(CNc1cccc(C(=O)N2CCOCC2)c1)Nc1ccc(OCCOc2ccccc2)cc1. The second kappa shape index (κ2) is 12.4. The van der Waals surface area contributed by atoms with Crippen molar-refractivity contribution in [3.63, 3.8) is 0 Å². The molecular weight excluding hydrogens is 446 g/mol. The highest BCUT2D eigenvalue weighted by molar-refractivity contribution is 5.96. The number of morpholine rings is 1. The highest BCUT2D eigenvalue weighted by Gasteiger charge is 2.18. The molecule has 3 aromatic rings. The Morgan fingerprint density at radius 1 is 0.800 bits per heavy atom. The lowest BCUT2D eigenvalue weighted by molar-refractivity contribution is -0.114. The van der Waals surface area contributed by atoms with E-state index in [1.54, 1.807) is 47.4 Å². The molecular formula is C27H29N3O5. The first kappa shape index (κ1) is 24.1. The van der Waals surface area contributed by atoms with Crippen LogP contribution in [0.15, 0.2) is 78.9 Å². The monoisotopic (exact) mass is 475 g/mol. The first-order valence-electron chi connectivity index (χ1n) is 11.6. The maximum Gasteiger partial charge on any atom is 0.254 e. The largest absolute Gasteiger partial charge is 0.490 e. The predicted octanol–water partition coefficient (Wildman–Crippen LogP) is 3.67. The fourth-order valence-corrected chi connectivity index (χ4v) is 3.57. The number of carbonyl (C=O) groups excluding carboxylic acids is 2. The molecule has 182 valence electrons. The van der Waals surface area contributed by atoms with Gasteiger partial charge in [0, 0.05) is 30.0 Å². The molecule has 0 spiro atoms. The molecule has 4 rings (SSSR count). The van der Waals surface area contributed by atoms with Crippen molar-refractivity contribution in [2.24, 2.45) is 0 Å². The van der Waals surface area contributed by atoms with Crippen molar-refractivity contribution < 1.29 is 23.8 Å². The number of hydrogen-bond acceptors (Lipinski definition) is 6. The van der Waals surface area contributed by atoms with E-state index >= 15 is 0 Å². The van der Waals surface area contributed by atoms with Crippen LogP contribution in [0.4, 0.5) is 11.4 Å². The van der Waals surface area contributed by atoms with E-state index in [9.17, 15) is 9.59 Å². The fourth-order valence-electron chi connectivity index (χ4n) is 3.57. The third-order valence-corrected chi connectivity index (χ3v) is 5.36. The van der Waals surface area contributed by atoms with Gasteiger partial charge in [-0.05, 0) is 54.6 Å². The lowest BCUT2D eigenvalue weighted by Gasteiger charge is -2.27. The topological polar surface area (TPSA) is 89.1 Å². The van der Waals surface area contributed by atoms with E-state index in [0.29, 0.717) is 62.2 Å². The Balaban J connectivity index is 1.19. The van der Waals surface area contributed by atoms with Crippen LogP contribution in [0.2, 0.25) is 0 Å². The van der Waals surface area contributed by atoms with Crippen molar-refractivity contribution in [1.29, 1.82) is 0 Å². The molecule has 2 amide bonds. The fraction of sp³-hybridized carbons (Fsp3) is 0.259. The van der Waals surface area contributed by atoms with Gasteiger partial charge < -0.3 is 29.7 Å². The zero-order valence-electron chi connectivity index (χ0n) is 19.4. The molecule has 0 saturated carbocycles. The van der Waals surface area contributed by atoms with Crippen molar-refractivity contribution >= 4 is 23.2 Å². The van der Waals surface area contributed by atoms with Crippen molar-refractivity contribution in [3.8, 4) is 11.5 Å². The van der Waals surface area contributed by atoms with Gasteiger partial charge in [0.25, 0.3) is 5.91 Å². The number of para-hydroxylation sites is 1. The molecule has 0 aliphatic carbocycles. The summed E-state index contributed by atoms with van der Waals surface area (Å²) in [6.07, 6.45) is 0. The van der Waals surface area contributed by atoms with E-state index < -0.39 is 0 Å². The first-order chi connectivity index (χ1) is 17.2. The molecule has 1 aliphatic heterocycles. The van der Waals surface area contributed by atoms with Gasteiger partial charge in [-0.15, -0.1) is 0 Å². The molecule has 35 heavy (non-hydrogen) atoms. The number of rotatable bonds is 10. The second-order valence-electron chi connectivity index (χ2n) is 7.92. The number of carbonyl (C=O) groups is 2. The molecule has 0 aromatic heterocycles. The van der Waals surface area contributed by atoms with E-state index in [1.165, 1.54) is 0 Å². The summed E-state index contributed by atoms with van der Waals surface area (Å²) in [5.74, 6) is 1.27. The Hall–Kier alpha value is -4.04. The Kier molecular flexibility index (Phi) is 8.56. The lowest BCUT2D eigenvalue weighted by Crippen LogP contribution is -2.40. The quantitative estimate of drug-likeness (QED) is 0.435. The third-order valence-electron chi connectivity index (χ3n) is 5.36. The molecule has 1 saturated heterocycles. The van der Waals surface area contributed by atoms with Crippen LogP contribution in [0.25, 0.3) is 0 Å². The highest BCUT2D eigenvalue weighted by Crippen LogP contribution is 2.17. The molecule has 1 aliphatic rings. The average Bonchev–Trinajstić information content (AvgIpc) is 2.92. The van der Waals surface area contributed by atoms with Gasteiger partial charge in [-0.3, -0.25) is 9.59 Å². The van der Waals surface area contributed by atoms with Crippen LogP contribution in [0.5, 0.6) is 11.5 Å². The van der Waals surface area contributed by atoms with Gasteiger partial charge in [-0.1, -0.05) is 24.3 Å². The van der Waals surface area contributed by atoms with Crippen LogP contribution in [0.1, 0.15) is 10.4 Å². The van der Waals surface area contributed by atoms with Crippen molar-refractivity contribution in [2.45, 2.75) is 0 Å². The Bertz CT molecular complexity index is 1100. The van der Waals surface area contributed by atoms with Crippen LogP contribution in [-0.2, 0) is 9.53 Å². The van der Waals surface area contributed by atoms with Crippen LogP contribution >= 0.6 is 0 Å². The van der Waals surface area contributed by atoms with E-state index in [-0.39, 0.29) is 18.4 Å². The maximum absolute atomic E-state index is 12.7. The summed E-state index contributed by atoms with van der Waals surface area (Å²) in [6.45, 7) is 3.21. The molecule has 8 nitrogen and oxygen atoms in total. The van der Waals surface area contributed by atoms with E-state index in [4.69, 9.17) is 14.2 Å². The third kappa shape index (κ3) is 7.48. The molecule has 0 bridgehead atoms. The minimum atomic E-state index is -0.195. The summed E-state index contributed by atoms with van der Waals surface area (Å²) in [5.41, 5.74) is 1.96. The molecule has 2 N–H and O–H groups in total. The van der Waals surface area contributed by atoms with Crippen molar-refractivity contribution in [3.05, 3.63) is 84.4 Å². The summed E-state index contributed by atoms with van der Waals surface area (Å²) in [5, 5.41) is 5.92. The van der Waals surface area contributed by atoms with Gasteiger partial charge in [-0.25, -0.2) is 0 Å². The predicted molar refractivity (Wildman–Crippen MR) is 134 cm³/mol. The van der Waals surface area contributed by atoms with Crippen LogP contribution in [0.3, 0.4) is 0 Å². The summed E-state index contributed by atoms with van der Waals surface area (Å²) in [6, 6.07) is 23.9. The number of anilines is 2. The van der Waals surface area contributed by atoms with Crippen molar-refractivity contribution in [2.75, 3.05) is 56.7 Å². The molecule has 3 aromatic carbocycles. The summed E-state index contributed by atoms with van der Waals surface area (Å²) in [4.78, 5) is 26.8. The van der Waals surface area contributed by atoms with E-state index in [1.807, 2.05) is 36.4 Å². The maximum atomic E-state index is 12.7. The lowest BCUT2D eigenvalue weighted by atomic mass is 10.1. The van der Waals surface area contributed by atoms with Gasteiger partial charge in [0.1, 0.15) is 24.7 Å². The molecule has 0 radical (unpaired) electrons. The van der Waals surface area contributed by atoms with Crippen LogP contribution < -0.4 is 20.1 Å². The first-order valence-corrected chi connectivity index (χ1v) is 11.6. The smallest absolute Gasteiger partial charge is 0.254 e. The van der Waals surface area contributed by atoms with E-state index in [0.717, 1.165) is 5.75 Å². The highest BCUT2D eigenvalue weighted by atomic mass is 16.5. The minimum absolute atomic E-state index is 0.0321. The number of nitrogens with zero attached hydrogens (tertiary/aromatic N) is 1. The van der Waals surface area contributed by atoms with Gasteiger partial charge >= 0.3 is 0 Å². The molecule has 0 atom stereocenters. The van der Waals surface area contributed by atoms with E-state index in [2.05, 4.69) is 10.6 Å². The molecule has 1 fully saturated rings. The second-order valence-corrected chi connectivity index (χ2v) is 7.92. The normalized spacial score (nSPS) is 13.1. The molecule has 1 heterocycles. The molecule has 0 unspecified atom stereocenters. The average molecular weight is 476 g/mol. The molecule has 8 heteroatoms. The van der Waals surface area contributed by atoms with Crippen molar-refractivity contribution in [1.82, 2.24) is 4.90 Å². The number of benzene rings is 3. The zero-order chi connectivity index (χ0) is 24.3. The zero-order valence-corrected chi connectivity index (χ0v) is 19.4. The van der Waals surface area contributed by atoms with Gasteiger partial charge in [-0.2, -0.15) is 0 Å².